The van der Waals surface area contributed by atoms with E-state index in [0.29, 0.717) is 27.8 Å². The topological polar surface area (TPSA) is 71.8 Å². The number of hydrogen-bond acceptors (Lipinski definition) is 5. The van der Waals surface area contributed by atoms with Crippen LogP contribution in [0.2, 0.25) is 5.02 Å². The number of carbonyl (C=O) groups is 2. The Hall–Kier alpha value is -3.51. The highest BCUT2D eigenvalue weighted by atomic mass is 35.5. The van der Waals surface area contributed by atoms with Gasteiger partial charge in [0.25, 0.3) is 11.8 Å². The smallest absolute Gasteiger partial charge is 0.278 e. The Kier molecular flexibility index (Phi) is 5.33. The van der Waals surface area contributed by atoms with Crippen molar-refractivity contribution in [3.63, 3.8) is 0 Å². The Morgan fingerprint density at radius 3 is 2.60 bits per heavy atom. The number of benzene rings is 2. The van der Waals surface area contributed by atoms with Crippen LogP contribution in [0.4, 0.5) is 5.69 Å². The number of amides is 2. The summed E-state index contributed by atoms with van der Waals surface area (Å²) in [5, 5.41) is 3.66. The van der Waals surface area contributed by atoms with Crippen LogP contribution >= 0.6 is 11.6 Å². The predicted molar refractivity (Wildman–Crippen MR) is 114 cm³/mol. The maximum atomic E-state index is 13.3. The van der Waals surface area contributed by atoms with Crippen LogP contribution < -0.4 is 10.1 Å². The second-order valence-corrected chi connectivity index (χ2v) is 7.25. The lowest BCUT2D eigenvalue weighted by Gasteiger charge is -2.14. The first-order valence-corrected chi connectivity index (χ1v) is 9.67. The van der Waals surface area contributed by atoms with E-state index >= 15 is 0 Å². The molecule has 7 heteroatoms. The molecule has 0 radical (unpaired) electrons. The number of anilines is 1. The third-order valence-electron chi connectivity index (χ3n) is 4.90. The van der Waals surface area contributed by atoms with E-state index < -0.39 is 11.8 Å². The number of ether oxygens (including phenoxy) is 1. The van der Waals surface area contributed by atoms with Crippen molar-refractivity contribution in [3.8, 4) is 5.75 Å². The molecule has 0 aliphatic carbocycles. The third-order valence-corrected chi connectivity index (χ3v) is 5.13. The molecule has 0 saturated carbocycles. The summed E-state index contributed by atoms with van der Waals surface area (Å²) in [6.45, 7) is 1.92. The SMILES string of the molecule is COc1ccccc1C1=C(Nc2cc(Cl)ccc2C)C(=O)N(Cc2ccco2)C1=O. The van der Waals surface area contributed by atoms with Gasteiger partial charge in [0.05, 0.1) is 25.5 Å². The molecule has 0 fully saturated rings. The minimum absolute atomic E-state index is 0.0308. The molecule has 0 bridgehead atoms. The van der Waals surface area contributed by atoms with Gasteiger partial charge in [-0.05, 0) is 42.8 Å². The molecule has 3 aromatic rings. The lowest BCUT2D eigenvalue weighted by molar-refractivity contribution is -0.137. The van der Waals surface area contributed by atoms with Crippen molar-refractivity contribution in [2.24, 2.45) is 0 Å². The van der Waals surface area contributed by atoms with Gasteiger partial charge in [0, 0.05) is 16.3 Å². The van der Waals surface area contributed by atoms with E-state index in [2.05, 4.69) is 5.32 Å². The van der Waals surface area contributed by atoms with Gasteiger partial charge in [-0.15, -0.1) is 0 Å². The molecule has 2 amide bonds. The van der Waals surface area contributed by atoms with E-state index in [4.69, 9.17) is 20.8 Å². The van der Waals surface area contributed by atoms with Gasteiger partial charge in [-0.2, -0.15) is 0 Å². The first-order chi connectivity index (χ1) is 14.5. The number of aryl methyl sites for hydroxylation is 1. The van der Waals surface area contributed by atoms with Crippen molar-refractivity contribution in [2.45, 2.75) is 13.5 Å². The summed E-state index contributed by atoms with van der Waals surface area (Å²) in [7, 11) is 1.52. The molecule has 1 N–H and O–H groups in total. The first-order valence-electron chi connectivity index (χ1n) is 9.29. The summed E-state index contributed by atoms with van der Waals surface area (Å²) >= 11 is 6.14. The predicted octanol–water partition coefficient (Wildman–Crippen LogP) is 4.64. The van der Waals surface area contributed by atoms with E-state index in [1.54, 1.807) is 48.5 Å². The summed E-state index contributed by atoms with van der Waals surface area (Å²) in [4.78, 5) is 27.8. The maximum absolute atomic E-state index is 13.3. The molecule has 30 heavy (non-hydrogen) atoms. The molecule has 1 aliphatic rings. The Morgan fingerprint density at radius 1 is 1.07 bits per heavy atom. The second-order valence-electron chi connectivity index (χ2n) is 6.81. The molecular formula is C23H19ClN2O4. The van der Waals surface area contributed by atoms with Gasteiger partial charge in [0.1, 0.15) is 17.2 Å². The van der Waals surface area contributed by atoms with Crippen molar-refractivity contribution in [3.05, 3.63) is 88.5 Å². The zero-order chi connectivity index (χ0) is 21.3. The minimum atomic E-state index is -0.448. The maximum Gasteiger partial charge on any atom is 0.278 e. The fraction of sp³-hybridized carbons (Fsp3) is 0.130. The molecule has 2 aromatic carbocycles. The largest absolute Gasteiger partial charge is 0.496 e. The van der Waals surface area contributed by atoms with E-state index in [0.717, 1.165) is 10.5 Å². The number of para-hydroxylation sites is 1. The van der Waals surface area contributed by atoms with Gasteiger partial charge in [-0.3, -0.25) is 14.5 Å². The minimum Gasteiger partial charge on any atom is -0.496 e. The summed E-state index contributed by atoms with van der Waals surface area (Å²) in [5.41, 5.74) is 2.47. The Balaban J connectivity index is 1.82. The van der Waals surface area contributed by atoms with Crippen LogP contribution in [-0.2, 0) is 16.1 Å². The van der Waals surface area contributed by atoms with Gasteiger partial charge in [-0.1, -0.05) is 35.9 Å². The summed E-state index contributed by atoms with van der Waals surface area (Å²) in [6, 6.07) is 15.9. The van der Waals surface area contributed by atoms with E-state index in [1.807, 2.05) is 13.0 Å². The standard InChI is InChI=1S/C23H19ClN2O4/c1-14-9-10-15(24)12-18(14)25-21-20(17-7-3-4-8-19(17)29-2)22(27)26(23(21)28)13-16-6-5-11-30-16/h3-12,25H,13H2,1-2H3. The van der Waals surface area contributed by atoms with Gasteiger partial charge >= 0.3 is 0 Å². The Bertz CT molecular complexity index is 1150. The molecule has 0 atom stereocenters. The average Bonchev–Trinajstić information content (AvgIpc) is 3.34. The lowest BCUT2D eigenvalue weighted by Crippen LogP contribution is -2.31. The molecule has 1 aliphatic heterocycles. The number of nitrogens with zero attached hydrogens (tertiary/aromatic N) is 1. The molecule has 152 valence electrons. The highest BCUT2D eigenvalue weighted by Crippen LogP contribution is 2.36. The Labute approximate surface area is 178 Å². The molecule has 1 aromatic heterocycles. The number of nitrogens with one attached hydrogen (secondary N) is 1. The average molecular weight is 423 g/mol. The quantitative estimate of drug-likeness (QED) is 0.586. The van der Waals surface area contributed by atoms with Crippen LogP contribution in [0, 0.1) is 6.92 Å². The van der Waals surface area contributed by atoms with Crippen LogP contribution in [-0.4, -0.2) is 23.8 Å². The molecule has 0 saturated heterocycles. The van der Waals surface area contributed by atoms with Crippen molar-refractivity contribution in [2.75, 3.05) is 12.4 Å². The molecule has 0 spiro atoms. The second kappa shape index (κ2) is 8.08. The Morgan fingerprint density at radius 2 is 1.87 bits per heavy atom. The van der Waals surface area contributed by atoms with Gasteiger partial charge in [0.2, 0.25) is 0 Å². The van der Waals surface area contributed by atoms with E-state index in [1.165, 1.54) is 13.4 Å². The monoisotopic (exact) mass is 422 g/mol. The number of carbonyl (C=O) groups excluding carboxylic acids is 2. The van der Waals surface area contributed by atoms with Gasteiger partial charge in [-0.25, -0.2) is 0 Å². The normalized spacial score (nSPS) is 13.9. The highest BCUT2D eigenvalue weighted by molar-refractivity contribution is 6.37. The molecule has 6 nitrogen and oxygen atoms in total. The molecule has 0 unspecified atom stereocenters. The van der Waals surface area contributed by atoms with Crippen LogP contribution in [0.3, 0.4) is 0 Å². The molecular weight excluding hydrogens is 404 g/mol. The number of rotatable bonds is 6. The van der Waals surface area contributed by atoms with Crippen LogP contribution in [0.5, 0.6) is 5.75 Å². The van der Waals surface area contributed by atoms with Crippen molar-refractivity contribution < 1.29 is 18.7 Å². The third kappa shape index (κ3) is 3.57. The number of hydrogen-bond donors (Lipinski definition) is 1. The van der Waals surface area contributed by atoms with Crippen LogP contribution in [0.15, 0.2) is 71.0 Å². The summed E-state index contributed by atoms with van der Waals surface area (Å²) < 4.78 is 10.8. The van der Waals surface area contributed by atoms with E-state index in [-0.39, 0.29) is 17.8 Å². The molecule has 2 heterocycles. The van der Waals surface area contributed by atoms with Crippen LogP contribution in [0.25, 0.3) is 5.57 Å². The lowest BCUT2D eigenvalue weighted by atomic mass is 10.0. The highest BCUT2D eigenvalue weighted by Gasteiger charge is 2.40. The fourth-order valence-electron chi connectivity index (χ4n) is 3.36. The van der Waals surface area contributed by atoms with Crippen molar-refractivity contribution >= 4 is 34.7 Å². The van der Waals surface area contributed by atoms with E-state index in [9.17, 15) is 9.59 Å². The summed E-state index contributed by atoms with van der Waals surface area (Å²) in [6.07, 6.45) is 1.50. The molecule has 4 rings (SSSR count). The fourth-order valence-corrected chi connectivity index (χ4v) is 3.53. The number of halogens is 1. The van der Waals surface area contributed by atoms with Gasteiger partial charge in [0.15, 0.2) is 0 Å². The van der Waals surface area contributed by atoms with Crippen LogP contribution in [0.1, 0.15) is 16.9 Å². The van der Waals surface area contributed by atoms with Gasteiger partial charge < -0.3 is 14.5 Å². The first kappa shape index (κ1) is 19.8. The van der Waals surface area contributed by atoms with Crippen molar-refractivity contribution in [1.29, 1.82) is 0 Å². The zero-order valence-electron chi connectivity index (χ0n) is 16.4. The number of methoxy groups -OCH3 is 1. The number of furan rings is 1. The number of imide groups is 1. The zero-order valence-corrected chi connectivity index (χ0v) is 17.2. The van der Waals surface area contributed by atoms with Crippen molar-refractivity contribution in [1.82, 2.24) is 4.90 Å². The summed E-state index contributed by atoms with van der Waals surface area (Å²) in [5.74, 6) is 0.131.